The number of anilines is 1. The van der Waals surface area contributed by atoms with E-state index in [2.05, 4.69) is 16.5 Å². The Morgan fingerprint density at radius 1 is 1.21 bits per heavy atom. The minimum atomic E-state index is -1.54. The summed E-state index contributed by atoms with van der Waals surface area (Å²) in [5.41, 5.74) is 7.25. The molecule has 1 aliphatic heterocycles. The van der Waals surface area contributed by atoms with Gasteiger partial charge in [0.05, 0.1) is 30.4 Å². The second-order valence-corrected chi connectivity index (χ2v) is 10.8. The van der Waals surface area contributed by atoms with Crippen LogP contribution in [0.2, 0.25) is 0 Å². The number of phenolic OH excluding ortho intramolecular Hbond substituents is 1. The molecule has 0 spiro atoms. The summed E-state index contributed by atoms with van der Waals surface area (Å²) in [6, 6.07) is 17.4. The van der Waals surface area contributed by atoms with Crippen LogP contribution in [0.15, 0.2) is 48.7 Å². The SMILES string of the molecule is CC.Cc1c(CN2CCC(CC#N)(n3cc(C(N)=O)c(NC(=O)C4CC4C#N)n3)C(F)C2)ccc(-c2ccccc2)c1O. The molecular weight excluding hydrogens is 549 g/mol. The first-order chi connectivity index (χ1) is 20.7. The first-order valence-electron chi connectivity index (χ1n) is 14.4. The molecule has 2 aliphatic rings. The third-order valence-corrected chi connectivity index (χ3v) is 8.24. The quantitative estimate of drug-likeness (QED) is 0.347. The third kappa shape index (κ3) is 6.23. The molecule has 2 aromatic carbocycles. The molecule has 4 atom stereocenters. The van der Waals surface area contributed by atoms with E-state index in [0.717, 1.165) is 16.7 Å². The van der Waals surface area contributed by atoms with E-state index >= 15 is 4.39 Å². The number of aromatic hydroxyl groups is 1. The number of nitrogens with zero attached hydrogens (tertiary/aromatic N) is 5. The molecule has 1 aliphatic carbocycles. The third-order valence-electron chi connectivity index (χ3n) is 8.24. The number of piperidine rings is 1. The van der Waals surface area contributed by atoms with Crippen molar-refractivity contribution < 1.29 is 19.1 Å². The van der Waals surface area contributed by atoms with Crippen molar-refractivity contribution in [1.82, 2.24) is 14.7 Å². The lowest BCUT2D eigenvalue weighted by Crippen LogP contribution is -2.54. The van der Waals surface area contributed by atoms with Gasteiger partial charge in [0.15, 0.2) is 5.82 Å². The number of phenols is 1. The zero-order valence-electron chi connectivity index (χ0n) is 24.5. The van der Waals surface area contributed by atoms with Gasteiger partial charge in [0.1, 0.15) is 23.0 Å². The lowest BCUT2D eigenvalue weighted by molar-refractivity contribution is -0.117. The molecule has 2 fully saturated rings. The van der Waals surface area contributed by atoms with E-state index in [-0.39, 0.29) is 36.5 Å². The first kappa shape index (κ1) is 31.2. The number of benzene rings is 2. The molecule has 5 rings (SSSR count). The maximum atomic E-state index is 16.1. The second-order valence-electron chi connectivity index (χ2n) is 10.8. The van der Waals surface area contributed by atoms with Crippen molar-refractivity contribution in [3.8, 4) is 29.0 Å². The van der Waals surface area contributed by atoms with Crippen molar-refractivity contribution in [2.24, 2.45) is 17.6 Å². The number of alkyl halides is 1. The van der Waals surface area contributed by atoms with E-state index in [9.17, 15) is 20.0 Å². The topological polar surface area (TPSA) is 161 Å². The highest BCUT2D eigenvalue weighted by Gasteiger charge is 2.47. The minimum Gasteiger partial charge on any atom is -0.507 e. The Hall–Kier alpha value is -4.74. The van der Waals surface area contributed by atoms with Gasteiger partial charge in [-0.25, -0.2) is 4.39 Å². The van der Waals surface area contributed by atoms with Crippen LogP contribution in [0.4, 0.5) is 10.2 Å². The normalized spacial score (nSPS) is 22.8. The van der Waals surface area contributed by atoms with E-state index < -0.39 is 35.4 Å². The summed E-state index contributed by atoms with van der Waals surface area (Å²) in [6.45, 7) is 6.63. The number of nitrogens with one attached hydrogen (secondary N) is 1. The van der Waals surface area contributed by atoms with Crippen molar-refractivity contribution >= 4 is 17.6 Å². The number of likely N-dealkylation sites (tertiary alicyclic amines) is 1. The highest BCUT2D eigenvalue weighted by Crippen LogP contribution is 2.40. The van der Waals surface area contributed by atoms with Gasteiger partial charge in [0.2, 0.25) is 5.91 Å². The lowest BCUT2D eigenvalue weighted by Gasteiger charge is -2.43. The number of amides is 2. The Bertz CT molecular complexity index is 1580. The summed E-state index contributed by atoms with van der Waals surface area (Å²) < 4.78 is 17.3. The predicted molar refractivity (Wildman–Crippen MR) is 159 cm³/mol. The van der Waals surface area contributed by atoms with E-state index in [1.165, 1.54) is 10.9 Å². The smallest absolute Gasteiger partial charge is 0.254 e. The van der Waals surface area contributed by atoms with E-state index in [4.69, 9.17) is 11.0 Å². The van der Waals surface area contributed by atoms with Crippen molar-refractivity contribution in [3.05, 3.63) is 65.4 Å². The number of carbonyl (C=O) groups is 2. The number of hydrogen-bond acceptors (Lipinski definition) is 7. The summed E-state index contributed by atoms with van der Waals surface area (Å²) in [5, 5.41) is 36.4. The van der Waals surface area contributed by atoms with Gasteiger partial charge < -0.3 is 16.2 Å². The zero-order chi connectivity index (χ0) is 31.3. The molecule has 224 valence electrons. The zero-order valence-corrected chi connectivity index (χ0v) is 24.5. The van der Waals surface area contributed by atoms with Crippen LogP contribution < -0.4 is 11.1 Å². The molecule has 4 N–H and O–H groups in total. The van der Waals surface area contributed by atoms with Gasteiger partial charge in [0.25, 0.3) is 5.91 Å². The van der Waals surface area contributed by atoms with Gasteiger partial charge in [0, 0.05) is 31.4 Å². The molecule has 1 saturated carbocycles. The Labute approximate surface area is 250 Å². The molecule has 2 heterocycles. The number of hydrogen-bond donors (Lipinski definition) is 3. The summed E-state index contributed by atoms with van der Waals surface area (Å²) in [7, 11) is 0. The standard InChI is InChI=1S/C30H30FN7O3.C2H6/c1-18-20(7-8-22(26(18)39)19-5-3-2-4-6-19)15-37-12-10-30(9-11-32,25(31)17-37)38-16-24(27(34)40)28(36-38)35-29(41)23-13-21(23)14-33;1-2/h2-8,16,21,23,25,39H,9-10,12-13,15,17H2,1H3,(H2,34,40)(H,35,36,41);1-2H3. The second kappa shape index (κ2) is 13.1. The average Bonchev–Trinajstić information content (AvgIpc) is 3.69. The lowest BCUT2D eigenvalue weighted by atomic mass is 9.83. The molecular formula is C32H36FN7O3. The van der Waals surface area contributed by atoms with Gasteiger partial charge in [-0.3, -0.25) is 19.2 Å². The van der Waals surface area contributed by atoms with Crippen LogP contribution in [-0.2, 0) is 16.9 Å². The van der Waals surface area contributed by atoms with Crippen molar-refractivity contribution in [3.63, 3.8) is 0 Å². The Morgan fingerprint density at radius 2 is 1.93 bits per heavy atom. The predicted octanol–water partition coefficient (Wildman–Crippen LogP) is 4.64. The summed E-state index contributed by atoms with van der Waals surface area (Å²) in [6.07, 6.45) is 0.170. The van der Waals surface area contributed by atoms with E-state index in [1.807, 2.05) is 74.2 Å². The maximum absolute atomic E-state index is 16.1. The summed E-state index contributed by atoms with van der Waals surface area (Å²) in [4.78, 5) is 26.6. The number of primary amides is 1. The molecule has 43 heavy (non-hydrogen) atoms. The molecule has 1 aromatic heterocycles. The highest BCUT2D eigenvalue weighted by molar-refractivity contribution is 6.03. The Morgan fingerprint density at radius 3 is 2.53 bits per heavy atom. The van der Waals surface area contributed by atoms with Crippen LogP contribution >= 0.6 is 0 Å². The van der Waals surface area contributed by atoms with Crippen LogP contribution in [0.25, 0.3) is 11.1 Å². The largest absolute Gasteiger partial charge is 0.507 e. The average molecular weight is 586 g/mol. The molecule has 2 amide bonds. The van der Waals surface area contributed by atoms with Gasteiger partial charge in [-0.15, -0.1) is 0 Å². The van der Waals surface area contributed by atoms with Crippen LogP contribution in [0.5, 0.6) is 5.75 Å². The number of nitriles is 2. The minimum absolute atomic E-state index is 0.0122. The first-order valence-corrected chi connectivity index (χ1v) is 14.4. The van der Waals surface area contributed by atoms with Gasteiger partial charge in [-0.05, 0) is 36.5 Å². The number of nitrogens with two attached hydrogens (primary N) is 1. The van der Waals surface area contributed by atoms with E-state index in [1.54, 1.807) is 0 Å². The number of rotatable bonds is 8. The molecule has 0 bridgehead atoms. The fourth-order valence-corrected chi connectivity index (χ4v) is 5.53. The number of halogens is 1. The fraction of sp³-hybridized carbons (Fsp3) is 0.406. The van der Waals surface area contributed by atoms with Crippen LogP contribution in [-0.4, -0.2) is 50.9 Å². The van der Waals surface area contributed by atoms with Gasteiger partial charge >= 0.3 is 0 Å². The van der Waals surface area contributed by atoms with Crippen molar-refractivity contribution in [1.29, 1.82) is 10.5 Å². The molecule has 10 nitrogen and oxygen atoms in total. The van der Waals surface area contributed by atoms with Crippen LogP contribution in [0.1, 0.15) is 54.6 Å². The molecule has 1 saturated heterocycles. The highest BCUT2D eigenvalue weighted by atomic mass is 19.1. The summed E-state index contributed by atoms with van der Waals surface area (Å²) in [5.74, 6) is -2.13. The van der Waals surface area contributed by atoms with Gasteiger partial charge in [-0.1, -0.05) is 56.3 Å². The molecule has 0 radical (unpaired) electrons. The van der Waals surface area contributed by atoms with Crippen LogP contribution in [0.3, 0.4) is 0 Å². The van der Waals surface area contributed by atoms with E-state index in [0.29, 0.717) is 25.1 Å². The van der Waals surface area contributed by atoms with Gasteiger partial charge in [-0.2, -0.15) is 15.6 Å². The Kier molecular flexibility index (Phi) is 9.47. The summed E-state index contributed by atoms with van der Waals surface area (Å²) >= 11 is 0. The fourth-order valence-electron chi connectivity index (χ4n) is 5.53. The monoisotopic (exact) mass is 585 g/mol. The molecule has 4 unspecified atom stereocenters. The Balaban J connectivity index is 0.00000207. The molecule has 11 heteroatoms. The molecule has 3 aromatic rings. The number of aromatic nitrogens is 2. The van der Waals surface area contributed by atoms with Crippen molar-refractivity contribution in [2.45, 2.75) is 58.3 Å². The number of carbonyl (C=O) groups excluding carboxylic acids is 2. The van der Waals surface area contributed by atoms with Crippen molar-refractivity contribution in [2.75, 3.05) is 18.4 Å². The van der Waals surface area contributed by atoms with Crippen LogP contribution in [0, 0.1) is 41.4 Å². The maximum Gasteiger partial charge on any atom is 0.254 e.